The number of nitrogens with two attached hydrogens (primary N) is 1. The minimum Gasteiger partial charge on any atom is -0.383 e. The normalized spacial score (nSPS) is 10.6. The van der Waals surface area contributed by atoms with E-state index in [2.05, 4.69) is 20.3 Å². The molecule has 25 heavy (non-hydrogen) atoms. The quantitative estimate of drug-likeness (QED) is 0.570. The zero-order chi connectivity index (χ0) is 17.6. The van der Waals surface area contributed by atoms with E-state index in [1.807, 2.05) is 35.0 Å². The Labute approximate surface area is 145 Å². The lowest BCUT2D eigenvalue weighted by Crippen LogP contribution is -2.04. The highest BCUT2D eigenvalue weighted by molar-refractivity contribution is 5.91. The summed E-state index contributed by atoms with van der Waals surface area (Å²) in [6, 6.07) is 7.80. The number of nitrogens with zero attached hydrogens (tertiary/aromatic N) is 4. The van der Waals surface area contributed by atoms with Crippen LogP contribution in [0.15, 0.2) is 43.1 Å². The Balaban J connectivity index is 1.84. The summed E-state index contributed by atoms with van der Waals surface area (Å²) in [5.74, 6) is 0.755. The van der Waals surface area contributed by atoms with Crippen molar-refractivity contribution in [3.05, 3.63) is 48.7 Å². The minimum atomic E-state index is 0.264. The lowest BCUT2D eigenvalue weighted by Gasteiger charge is -2.10. The van der Waals surface area contributed by atoms with Gasteiger partial charge >= 0.3 is 0 Å². The van der Waals surface area contributed by atoms with E-state index in [-0.39, 0.29) is 5.82 Å². The third-order valence-electron chi connectivity index (χ3n) is 3.67. The molecule has 8 heteroatoms. The zero-order valence-electron chi connectivity index (χ0n) is 13.8. The molecule has 0 saturated heterocycles. The van der Waals surface area contributed by atoms with Crippen LogP contribution in [0.2, 0.25) is 0 Å². The summed E-state index contributed by atoms with van der Waals surface area (Å²) in [6.07, 6.45) is 6.27. The van der Waals surface area contributed by atoms with Crippen LogP contribution in [0.25, 0.3) is 11.3 Å². The van der Waals surface area contributed by atoms with E-state index in [0.717, 1.165) is 29.7 Å². The Bertz CT molecular complexity index is 875. The van der Waals surface area contributed by atoms with Crippen molar-refractivity contribution in [3.8, 4) is 11.3 Å². The van der Waals surface area contributed by atoms with Crippen LogP contribution >= 0.6 is 0 Å². The standard InChI is InChI=1S/C17H19N7O/c1-25-6-5-24-9-15(22-11-24)12-3-2-4-13(7-12)23-17-14(8-18)16(19)20-10-21-17/h2-4,7-11,18H,5-6H2,1H3,(H3,19,20,21,23). The second kappa shape index (κ2) is 7.54. The highest BCUT2D eigenvalue weighted by Crippen LogP contribution is 2.24. The SMILES string of the molecule is COCCn1cnc(-c2cccc(Nc3ncnc(N)c3C=N)c2)c1. The predicted octanol–water partition coefficient (Wildman–Crippen LogP) is 2.31. The molecule has 0 aliphatic rings. The number of nitrogens with one attached hydrogen (secondary N) is 2. The maximum atomic E-state index is 7.48. The molecule has 0 fully saturated rings. The van der Waals surface area contributed by atoms with Gasteiger partial charge in [-0.15, -0.1) is 0 Å². The van der Waals surface area contributed by atoms with Gasteiger partial charge in [-0.25, -0.2) is 15.0 Å². The lowest BCUT2D eigenvalue weighted by molar-refractivity contribution is 0.187. The van der Waals surface area contributed by atoms with Gasteiger partial charge in [0.15, 0.2) is 0 Å². The van der Waals surface area contributed by atoms with Crippen LogP contribution in [-0.4, -0.2) is 39.5 Å². The van der Waals surface area contributed by atoms with Gasteiger partial charge in [-0.1, -0.05) is 12.1 Å². The molecule has 0 saturated carbocycles. The first kappa shape index (κ1) is 16.6. The average Bonchev–Trinajstić information content (AvgIpc) is 3.09. The van der Waals surface area contributed by atoms with Crippen molar-refractivity contribution >= 4 is 23.5 Å². The van der Waals surface area contributed by atoms with Gasteiger partial charge in [-0.2, -0.15) is 0 Å². The number of benzene rings is 1. The van der Waals surface area contributed by atoms with Crippen molar-refractivity contribution in [2.24, 2.45) is 0 Å². The molecule has 1 aromatic carbocycles. The Morgan fingerprint density at radius 3 is 3.00 bits per heavy atom. The van der Waals surface area contributed by atoms with Crippen molar-refractivity contribution in [2.75, 3.05) is 24.8 Å². The summed E-state index contributed by atoms with van der Waals surface area (Å²) in [5, 5.41) is 10.7. The number of hydrogen-bond acceptors (Lipinski definition) is 7. The smallest absolute Gasteiger partial charge is 0.144 e. The molecule has 4 N–H and O–H groups in total. The highest BCUT2D eigenvalue weighted by atomic mass is 16.5. The first-order valence-electron chi connectivity index (χ1n) is 7.70. The zero-order valence-corrected chi connectivity index (χ0v) is 13.8. The Morgan fingerprint density at radius 1 is 1.32 bits per heavy atom. The number of imidazole rings is 1. The molecule has 8 nitrogen and oxygen atoms in total. The Kier molecular flexibility index (Phi) is 5.00. The van der Waals surface area contributed by atoms with E-state index >= 15 is 0 Å². The first-order valence-corrected chi connectivity index (χ1v) is 7.70. The van der Waals surface area contributed by atoms with Gasteiger partial charge in [0.05, 0.1) is 24.2 Å². The molecule has 3 aromatic rings. The number of aromatic nitrogens is 4. The molecule has 0 amide bonds. The number of ether oxygens (including phenoxy) is 1. The van der Waals surface area contributed by atoms with Crippen LogP contribution < -0.4 is 11.1 Å². The van der Waals surface area contributed by atoms with Crippen molar-refractivity contribution in [2.45, 2.75) is 6.54 Å². The maximum Gasteiger partial charge on any atom is 0.144 e. The summed E-state index contributed by atoms with van der Waals surface area (Å²) < 4.78 is 7.06. The molecule has 0 unspecified atom stereocenters. The maximum absolute atomic E-state index is 7.48. The monoisotopic (exact) mass is 337 g/mol. The second-order valence-corrected chi connectivity index (χ2v) is 5.36. The molecule has 0 radical (unpaired) electrons. The molecule has 0 bridgehead atoms. The summed E-state index contributed by atoms with van der Waals surface area (Å²) in [4.78, 5) is 12.5. The van der Waals surface area contributed by atoms with Gasteiger partial charge < -0.3 is 25.8 Å². The van der Waals surface area contributed by atoms with E-state index in [0.29, 0.717) is 18.0 Å². The minimum absolute atomic E-state index is 0.264. The number of anilines is 3. The largest absolute Gasteiger partial charge is 0.383 e. The molecule has 128 valence electrons. The predicted molar refractivity (Wildman–Crippen MR) is 97.2 cm³/mol. The number of rotatable bonds is 7. The van der Waals surface area contributed by atoms with E-state index in [1.165, 1.54) is 6.33 Å². The third-order valence-corrected chi connectivity index (χ3v) is 3.67. The average molecular weight is 337 g/mol. The Morgan fingerprint density at radius 2 is 2.20 bits per heavy atom. The van der Waals surface area contributed by atoms with Crippen molar-refractivity contribution in [3.63, 3.8) is 0 Å². The van der Waals surface area contributed by atoms with Crippen LogP contribution in [0.4, 0.5) is 17.3 Å². The molecular weight excluding hydrogens is 318 g/mol. The number of nitrogen functional groups attached to an aromatic ring is 1. The van der Waals surface area contributed by atoms with Crippen molar-refractivity contribution in [1.82, 2.24) is 19.5 Å². The fourth-order valence-electron chi connectivity index (χ4n) is 2.37. The summed E-state index contributed by atoms with van der Waals surface area (Å²) in [5.41, 5.74) is 8.90. The molecule has 0 spiro atoms. The molecular formula is C17H19N7O. The highest BCUT2D eigenvalue weighted by Gasteiger charge is 2.08. The van der Waals surface area contributed by atoms with Gasteiger partial charge in [0, 0.05) is 37.3 Å². The van der Waals surface area contributed by atoms with Gasteiger partial charge in [0.2, 0.25) is 0 Å². The topological polar surface area (TPSA) is 115 Å². The van der Waals surface area contributed by atoms with Crippen LogP contribution in [0, 0.1) is 5.41 Å². The first-order chi connectivity index (χ1) is 12.2. The van der Waals surface area contributed by atoms with E-state index < -0.39 is 0 Å². The van der Waals surface area contributed by atoms with E-state index in [9.17, 15) is 0 Å². The van der Waals surface area contributed by atoms with Gasteiger partial charge in [0.1, 0.15) is 18.0 Å². The second-order valence-electron chi connectivity index (χ2n) is 5.36. The molecule has 3 rings (SSSR count). The third kappa shape index (κ3) is 3.81. The van der Waals surface area contributed by atoms with Gasteiger partial charge in [0.25, 0.3) is 0 Å². The van der Waals surface area contributed by atoms with Crippen molar-refractivity contribution < 1.29 is 4.74 Å². The van der Waals surface area contributed by atoms with Gasteiger partial charge in [-0.05, 0) is 12.1 Å². The summed E-state index contributed by atoms with van der Waals surface area (Å²) >= 11 is 0. The van der Waals surface area contributed by atoms with Gasteiger partial charge in [-0.3, -0.25) is 0 Å². The van der Waals surface area contributed by atoms with E-state index in [1.54, 1.807) is 13.4 Å². The van der Waals surface area contributed by atoms with Crippen LogP contribution in [-0.2, 0) is 11.3 Å². The van der Waals surface area contributed by atoms with Crippen molar-refractivity contribution in [1.29, 1.82) is 5.41 Å². The fourth-order valence-corrected chi connectivity index (χ4v) is 2.37. The molecule has 2 aromatic heterocycles. The number of hydrogen-bond donors (Lipinski definition) is 3. The Hall–Kier alpha value is -3.26. The summed E-state index contributed by atoms with van der Waals surface area (Å²) in [6.45, 7) is 1.39. The van der Waals surface area contributed by atoms with Crippen LogP contribution in [0.5, 0.6) is 0 Å². The molecule has 2 heterocycles. The molecule has 0 aliphatic carbocycles. The molecule has 0 atom stereocenters. The van der Waals surface area contributed by atoms with E-state index in [4.69, 9.17) is 15.9 Å². The molecule has 0 aliphatic heterocycles. The summed E-state index contributed by atoms with van der Waals surface area (Å²) in [7, 11) is 1.68. The number of methoxy groups -OCH3 is 1. The lowest BCUT2D eigenvalue weighted by atomic mass is 10.1. The van der Waals surface area contributed by atoms with Crippen LogP contribution in [0.1, 0.15) is 5.56 Å². The van der Waals surface area contributed by atoms with Crippen LogP contribution in [0.3, 0.4) is 0 Å². The fraction of sp³-hybridized carbons (Fsp3) is 0.176.